The van der Waals surface area contributed by atoms with E-state index >= 15 is 0 Å². The van der Waals surface area contributed by atoms with Crippen molar-refractivity contribution in [2.24, 2.45) is 0 Å². The molecule has 0 N–H and O–H groups in total. The Morgan fingerprint density at radius 3 is 1.95 bits per heavy atom. The minimum atomic E-state index is 0.253. The van der Waals surface area contributed by atoms with Crippen LogP contribution in [-0.2, 0) is 5.41 Å². The van der Waals surface area contributed by atoms with E-state index in [0.717, 1.165) is 0 Å². The summed E-state index contributed by atoms with van der Waals surface area (Å²) in [4.78, 5) is 0. The Balaban J connectivity index is 2.03. The van der Waals surface area contributed by atoms with Gasteiger partial charge in [-0.05, 0) is 41.7 Å². The third kappa shape index (κ3) is 3.72. The average molecular weight is 266 g/mol. The van der Waals surface area contributed by atoms with Crippen LogP contribution in [-0.4, -0.2) is 0 Å². The quantitative estimate of drug-likeness (QED) is 0.607. The Morgan fingerprint density at radius 2 is 1.40 bits per heavy atom. The van der Waals surface area contributed by atoms with E-state index in [2.05, 4.69) is 81.4 Å². The zero-order valence-electron chi connectivity index (χ0n) is 13.0. The topological polar surface area (TPSA) is 0 Å². The van der Waals surface area contributed by atoms with Crippen molar-refractivity contribution < 1.29 is 0 Å². The van der Waals surface area contributed by atoms with Crippen LogP contribution in [0.3, 0.4) is 0 Å². The first-order chi connectivity index (χ1) is 9.63. The summed E-state index contributed by atoms with van der Waals surface area (Å²) in [5.41, 5.74) is 3.19. The number of hydrogen-bond donors (Lipinski definition) is 0. The fraction of sp³-hybridized carbons (Fsp3) is 0.400. The molecule has 20 heavy (non-hydrogen) atoms. The van der Waals surface area contributed by atoms with Gasteiger partial charge in [0.15, 0.2) is 0 Å². The zero-order chi connectivity index (χ0) is 14.4. The molecule has 0 aliphatic carbocycles. The van der Waals surface area contributed by atoms with Crippen molar-refractivity contribution in [3.8, 4) is 0 Å². The lowest BCUT2D eigenvalue weighted by Gasteiger charge is -2.27. The first-order valence-electron chi connectivity index (χ1n) is 7.74. The molecule has 0 radical (unpaired) electrons. The van der Waals surface area contributed by atoms with E-state index in [4.69, 9.17) is 0 Å². The predicted octanol–water partition coefficient (Wildman–Crippen LogP) is 5.94. The first kappa shape index (κ1) is 14.8. The van der Waals surface area contributed by atoms with E-state index in [9.17, 15) is 0 Å². The van der Waals surface area contributed by atoms with Crippen molar-refractivity contribution in [2.45, 2.75) is 51.4 Å². The van der Waals surface area contributed by atoms with Gasteiger partial charge < -0.3 is 0 Å². The van der Waals surface area contributed by atoms with Crippen LogP contribution in [0.15, 0.2) is 60.7 Å². The smallest absolute Gasteiger partial charge is 0.0103 e. The van der Waals surface area contributed by atoms with E-state index in [1.54, 1.807) is 0 Å². The number of benzene rings is 2. The highest BCUT2D eigenvalue weighted by Gasteiger charge is 2.22. The maximum Gasteiger partial charge on any atom is -0.0103 e. The largest absolute Gasteiger partial charge is 0.0648 e. The molecular weight excluding hydrogens is 240 g/mol. The molecule has 1 atom stereocenters. The van der Waals surface area contributed by atoms with Crippen LogP contribution in [0.2, 0.25) is 0 Å². The summed E-state index contributed by atoms with van der Waals surface area (Å²) < 4.78 is 0. The van der Waals surface area contributed by atoms with Crippen molar-refractivity contribution in [3.05, 3.63) is 71.8 Å². The van der Waals surface area contributed by atoms with Crippen molar-refractivity contribution in [3.63, 3.8) is 0 Å². The van der Waals surface area contributed by atoms with E-state index in [-0.39, 0.29) is 5.41 Å². The van der Waals surface area contributed by atoms with Gasteiger partial charge in [0.1, 0.15) is 0 Å². The molecule has 106 valence electrons. The molecule has 2 aromatic rings. The maximum absolute atomic E-state index is 2.36. The van der Waals surface area contributed by atoms with Crippen molar-refractivity contribution >= 4 is 0 Å². The van der Waals surface area contributed by atoms with E-state index in [1.165, 1.54) is 30.4 Å². The zero-order valence-corrected chi connectivity index (χ0v) is 13.0. The molecule has 0 aromatic heterocycles. The van der Waals surface area contributed by atoms with E-state index in [1.807, 2.05) is 0 Å². The SMILES string of the molecule is CCC(CCC(C)(C)c1ccccc1)c1ccccc1. The summed E-state index contributed by atoms with van der Waals surface area (Å²) in [5, 5.41) is 0. The van der Waals surface area contributed by atoms with Gasteiger partial charge in [-0.15, -0.1) is 0 Å². The van der Waals surface area contributed by atoms with Crippen molar-refractivity contribution in [2.75, 3.05) is 0 Å². The summed E-state index contributed by atoms with van der Waals surface area (Å²) in [6, 6.07) is 21.8. The van der Waals surface area contributed by atoms with Gasteiger partial charge in [-0.3, -0.25) is 0 Å². The molecule has 2 rings (SSSR count). The van der Waals surface area contributed by atoms with Crippen molar-refractivity contribution in [1.82, 2.24) is 0 Å². The average Bonchev–Trinajstić information content (AvgIpc) is 2.50. The first-order valence-corrected chi connectivity index (χ1v) is 7.74. The molecule has 0 fully saturated rings. The monoisotopic (exact) mass is 266 g/mol. The fourth-order valence-corrected chi connectivity index (χ4v) is 2.90. The lowest BCUT2D eigenvalue weighted by atomic mass is 9.77. The van der Waals surface area contributed by atoms with Gasteiger partial charge in [-0.1, -0.05) is 81.4 Å². The van der Waals surface area contributed by atoms with E-state index < -0.39 is 0 Å². The number of rotatable bonds is 6. The number of hydrogen-bond acceptors (Lipinski definition) is 0. The summed E-state index contributed by atoms with van der Waals surface area (Å²) in [7, 11) is 0. The Labute approximate surface area is 123 Å². The second kappa shape index (κ2) is 6.74. The highest BCUT2D eigenvalue weighted by Crippen LogP contribution is 2.33. The van der Waals surface area contributed by atoms with Gasteiger partial charge >= 0.3 is 0 Å². The van der Waals surface area contributed by atoms with Gasteiger partial charge in [0, 0.05) is 0 Å². The second-order valence-corrected chi connectivity index (χ2v) is 6.30. The van der Waals surface area contributed by atoms with Crippen LogP contribution in [0.1, 0.15) is 57.1 Å². The summed E-state index contributed by atoms with van der Waals surface area (Å²) >= 11 is 0. The Hall–Kier alpha value is -1.56. The Morgan fingerprint density at radius 1 is 0.850 bits per heavy atom. The maximum atomic E-state index is 2.36. The van der Waals surface area contributed by atoms with Gasteiger partial charge in [0.25, 0.3) is 0 Å². The molecule has 0 nitrogen and oxygen atoms in total. The summed E-state index contributed by atoms with van der Waals surface area (Å²) in [6.07, 6.45) is 3.70. The molecule has 0 heteroatoms. The van der Waals surface area contributed by atoms with Crippen molar-refractivity contribution in [1.29, 1.82) is 0 Å². The highest BCUT2D eigenvalue weighted by atomic mass is 14.3. The third-order valence-electron chi connectivity index (χ3n) is 4.44. The summed E-state index contributed by atoms with van der Waals surface area (Å²) in [5.74, 6) is 0.680. The standard InChI is InChI=1S/C20H26/c1-4-17(18-11-7-5-8-12-18)15-16-20(2,3)19-13-9-6-10-14-19/h5-14,17H,4,15-16H2,1-3H3. The predicted molar refractivity (Wildman–Crippen MR) is 88.2 cm³/mol. The van der Waals surface area contributed by atoms with Crippen LogP contribution in [0.5, 0.6) is 0 Å². The Bertz CT molecular complexity index is 496. The van der Waals surface area contributed by atoms with E-state index in [0.29, 0.717) is 5.92 Å². The van der Waals surface area contributed by atoms with Gasteiger partial charge in [-0.25, -0.2) is 0 Å². The molecule has 2 aromatic carbocycles. The minimum Gasteiger partial charge on any atom is -0.0648 e. The Kier molecular flexibility index (Phi) is 5.00. The highest BCUT2D eigenvalue weighted by molar-refractivity contribution is 5.24. The van der Waals surface area contributed by atoms with Crippen LogP contribution in [0.25, 0.3) is 0 Å². The summed E-state index contributed by atoms with van der Waals surface area (Å²) in [6.45, 7) is 7.02. The molecular formula is C20H26. The molecule has 0 saturated heterocycles. The normalized spacial score (nSPS) is 13.2. The van der Waals surface area contributed by atoms with Crippen LogP contribution in [0.4, 0.5) is 0 Å². The molecule has 0 heterocycles. The van der Waals surface area contributed by atoms with Gasteiger partial charge in [-0.2, -0.15) is 0 Å². The van der Waals surface area contributed by atoms with Crippen LogP contribution >= 0.6 is 0 Å². The lowest BCUT2D eigenvalue weighted by Crippen LogP contribution is -2.18. The molecule has 1 unspecified atom stereocenters. The molecule has 0 aliphatic heterocycles. The second-order valence-electron chi connectivity index (χ2n) is 6.30. The lowest BCUT2D eigenvalue weighted by molar-refractivity contribution is 0.426. The third-order valence-corrected chi connectivity index (χ3v) is 4.44. The van der Waals surface area contributed by atoms with Gasteiger partial charge in [0.2, 0.25) is 0 Å². The van der Waals surface area contributed by atoms with Crippen LogP contribution < -0.4 is 0 Å². The molecule has 0 amide bonds. The van der Waals surface area contributed by atoms with Gasteiger partial charge in [0.05, 0.1) is 0 Å². The minimum absolute atomic E-state index is 0.253. The molecule has 0 aliphatic rings. The molecule has 0 bridgehead atoms. The fourth-order valence-electron chi connectivity index (χ4n) is 2.90. The van der Waals surface area contributed by atoms with Crippen LogP contribution in [0, 0.1) is 0 Å². The molecule has 0 saturated carbocycles. The molecule has 0 spiro atoms.